The summed E-state index contributed by atoms with van der Waals surface area (Å²) in [7, 11) is 0. The van der Waals surface area contributed by atoms with E-state index >= 15 is 0 Å². The maximum Gasteiger partial charge on any atom is 0.254 e. The number of carbonyl (C=O) groups excluding carboxylic acids is 2. The predicted molar refractivity (Wildman–Crippen MR) is 97.4 cm³/mol. The van der Waals surface area contributed by atoms with Gasteiger partial charge >= 0.3 is 0 Å². The first-order valence-corrected chi connectivity index (χ1v) is 9.06. The molecule has 1 fully saturated rings. The molecule has 0 aliphatic carbocycles. The van der Waals surface area contributed by atoms with Gasteiger partial charge in [-0.15, -0.1) is 0 Å². The highest BCUT2D eigenvalue weighted by atomic mass is 16.2. The fourth-order valence-electron chi connectivity index (χ4n) is 3.16. The van der Waals surface area contributed by atoms with E-state index in [9.17, 15) is 9.59 Å². The van der Waals surface area contributed by atoms with Gasteiger partial charge in [-0.25, -0.2) is 0 Å². The summed E-state index contributed by atoms with van der Waals surface area (Å²) in [6, 6.07) is 7.42. The van der Waals surface area contributed by atoms with Crippen molar-refractivity contribution in [2.45, 2.75) is 46.1 Å². The van der Waals surface area contributed by atoms with Gasteiger partial charge in [0.2, 0.25) is 5.91 Å². The smallest absolute Gasteiger partial charge is 0.254 e. The zero-order chi connectivity index (χ0) is 17.5. The molecule has 2 rings (SSSR count). The molecule has 1 saturated heterocycles. The fourth-order valence-corrected chi connectivity index (χ4v) is 3.16. The molecular weight excluding hydrogens is 302 g/mol. The predicted octanol–water partition coefficient (Wildman–Crippen LogP) is 2.66. The number of nitrogens with zero attached hydrogens (tertiary/aromatic N) is 2. The largest absolute Gasteiger partial charge is 0.372 e. The minimum atomic E-state index is -0.359. The minimum absolute atomic E-state index is 0.0505. The summed E-state index contributed by atoms with van der Waals surface area (Å²) in [5.74, 6) is -0.106. The summed E-state index contributed by atoms with van der Waals surface area (Å²) in [5.41, 5.74) is 1.80. The monoisotopic (exact) mass is 331 g/mol. The van der Waals surface area contributed by atoms with Gasteiger partial charge in [0.1, 0.15) is 6.04 Å². The van der Waals surface area contributed by atoms with Crippen molar-refractivity contribution in [2.75, 3.05) is 31.1 Å². The van der Waals surface area contributed by atoms with Crippen molar-refractivity contribution in [3.63, 3.8) is 0 Å². The summed E-state index contributed by atoms with van der Waals surface area (Å²) in [4.78, 5) is 28.7. The second-order valence-corrected chi connectivity index (χ2v) is 6.19. The lowest BCUT2D eigenvalue weighted by molar-refractivity contribution is -0.127. The van der Waals surface area contributed by atoms with E-state index in [-0.39, 0.29) is 17.9 Å². The van der Waals surface area contributed by atoms with Gasteiger partial charge in [0.15, 0.2) is 0 Å². The lowest BCUT2D eigenvalue weighted by Gasteiger charge is -2.34. The maximum absolute atomic E-state index is 12.8. The molecule has 0 spiro atoms. The number of rotatable bonds is 7. The molecule has 2 amide bonds. The highest BCUT2D eigenvalue weighted by Crippen LogP contribution is 2.19. The van der Waals surface area contributed by atoms with Crippen LogP contribution in [0.2, 0.25) is 0 Å². The fraction of sp³-hybridized carbons (Fsp3) is 0.579. The van der Waals surface area contributed by atoms with Crippen LogP contribution in [0.1, 0.15) is 50.4 Å². The van der Waals surface area contributed by atoms with Gasteiger partial charge in [-0.2, -0.15) is 0 Å². The third kappa shape index (κ3) is 4.08. The van der Waals surface area contributed by atoms with Crippen LogP contribution in [0.5, 0.6) is 0 Å². The van der Waals surface area contributed by atoms with Crippen molar-refractivity contribution in [3.05, 3.63) is 29.8 Å². The highest BCUT2D eigenvalue weighted by molar-refractivity contribution is 5.98. The first-order chi connectivity index (χ1) is 11.6. The standard InChI is InChI=1S/C19H29N3O2/c1-4-7-13-21(6-3)16-10-8-15(9-11-16)19(24)22-14-12-20-18(23)17(22)5-2/h8-11,17H,4-7,12-14H2,1-3H3,(H,20,23). The normalized spacial score (nSPS) is 17.5. The van der Waals surface area contributed by atoms with E-state index in [1.54, 1.807) is 4.90 Å². The first-order valence-electron chi connectivity index (χ1n) is 9.06. The van der Waals surface area contributed by atoms with E-state index < -0.39 is 0 Å². The Hall–Kier alpha value is -2.04. The number of hydrogen-bond acceptors (Lipinski definition) is 3. The van der Waals surface area contributed by atoms with Crippen LogP contribution in [0.4, 0.5) is 5.69 Å². The van der Waals surface area contributed by atoms with E-state index in [4.69, 9.17) is 0 Å². The average molecular weight is 331 g/mol. The van der Waals surface area contributed by atoms with Crippen LogP contribution in [0, 0.1) is 0 Å². The van der Waals surface area contributed by atoms with Gasteiger partial charge in [-0.05, 0) is 44.0 Å². The molecule has 0 radical (unpaired) electrons. The van der Waals surface area contributed by atoms with E-state index in [1.807, 2.05) is 31.2 Å². The number of hydrogen-bond donors (Lipinski definition) is 1. The maximum atomic E-state index is 12.8. The van der Waals surface area contributed by atoms with Gasteiger partial charge in [0.25, 0.3) is 5.91 Å². The average Bonchev–Trinajstić information content (AvgIpc) is 2.62. The quantitative estimate of drug-likeness (QED) is 0.836. The Bertz CT molecular complexity index is 556. The van der Waals surface area contributed by atoms with Crippen LogP contribution in [-0.2, 0) is 4.79 Å². The molecule has 132 valence electrons. The summed E-state index contributed by atoms with van der Waals surface area (Å²) < 4.78 is 0. The topological polar surface area (TPSA) is 52.7 Å². The van der Waals surface area contributed by atoms with Crippen molar-refractivity contribution in [1.29, 1.82) is 0 Å². The zero-order valence-electron chi connectivity index (χ0n) is 15.0. The molecule has 1 aromatic rings. The van der Waals surface area contributed by atoms with E-state index in [1.165, 1.54) is 6.42 Å². The highest BCUT2D eigenvalue weighted by Gasteiger charge is 2.31. The Kier molecular flexibility index (Phi) is 6.64. The Balaban J connectivity index is 2.11. The molecular formula is C19H29N3O2. The van der Waals surface area contributed by atoms with Gasteiger partial charge in [0.05, 0.1) is 0 Å². The van der Waals surface area contributed by atoms with Crippen molar-refractivity contribution in [1.82, 2.24) is 10.2 Å². The van der Waals surface area contributed by atoms with Gasteiger partial charge in [-0.1, -0.05) is 20.3 Å². The molecule has 5 nitrogen and oxygen atoms in total. The Morgan fingerprint density at radius 3 is 2.54 bits per heavy atom. The summed E-state index contributed by atoms with van der Waals surface area (Å²) in [5, 5.41) is 2.83. The number of amides is 2. The number of carbonyl (C=O) groups is 2. The van der Waals surface area contributed by atoms with Crippen molar-refractivity contribution in [3.8, 4) is 0 Å². The summed E-state index contributed by atoms with van der Waals surface area (Å²) >= 11 is 0. The van der Waals surface area contributed by atoms with Crippen LogP contribution < -0.4 is 10.2 Å². The third-order valence-electron chi connectivity index (χ3n) is 4.62. The van der Waals surface area contributed by atoms with Crippen LogP contribution in [0.3, 0.4) is 0 Å². The molecule has 1 N–H and O–H groups in total. The first kappa shape index (κ1) is 18.3. The Morgan fingerprint density at radius 1 is 1.25 bits per heavy atom. The van der Waals surface area contributed by atoms with Crippen molar-refractivity contribution >= 4 is 17.5 Å². The molecule has 1 atom stereocenters. The minimum Gasteiger partial charge on any atom is -0.372 e. The molecule has 5 heteroatoms. The van der Waals surface area contributed by atoms with E-state index in [0.717, 1.165) is 25.2 Å². The van der Waals surface area contributed by atoms with Crippen LogP contribution >= 0.6 is 0 Å². The van der Waals surface area contributed by atoms with Gasteiger partial charge in [-0.3, -0.25) is 9.59 Å². The van der Waals surface area contributed by atoms with Crippen LogP contribution in [0.15, 0.2) is 24.3 Å². The second-order valence-electron chi connectivity index (χ2n) is 6.19. The van der Waals surface area contributed by atoms with Crippen LogP contribution in [0.25, 0.3) is 0 Å². The van der Waals surface area contributed by atoms with Crippen molar-refractivity contribution < 1.29 is 9.59 Å². The van der Waals surface area contributed by atoms with Crippen LogP contribution in [-0.4, -0.2) is 48.9 Å². The second kappa shape index (κ2) is 8.71. The summed E-state index contributed by atoms with van der Waals surface area (Å²) in [6.07, 6.45) is 2.97. The molecule has 0 saturated carbocycles. The number of anilines is 1. The molecule has 24 heavy (non-hydrogen) atoms. The summed E-state index contributed by atoms with van der Waals surface area (Å²) in [6.45, 7) is 9.36. The molecule has 0 aromatic heterocycles. The number of piperazine rings is 1. The lowest BCUT2D eigenvalue weighted by Crippen LogP contribution is -2.56. The van der Waals surface area contributed by atoms with Gasteiger partial charge in [0, 0.05) is 37.4 Å². The lowest BCUT2D eigenvalue weighted by atomic mass is 10.1. The molecule has 1 aliphatic heterocycles. The van der Waals surface area contributed by atoms with Crippen molar-refractivity contribution in [2.24, 2.45) is 0 Å². The Morgan fingerprint density at radius 2 is 1.96 bits per heavy atom. The van der Waals surface area contributed by atoms with Gasteiger partial charge < -0.3 is 15.1 Å². The molecule has 1 heterocycles. The number of benzene rings is 1. The molecule has 1 aliphatic rings. The molecule has 1 aromatic carbocycles. The third-order valence-corrected chi connectivity index (χ3v) is 4.62. The van der Waals surface area contributed by atoms with E-state index in [2.05, 4.69) is 24.1 Å². The zero-order valence-corrected chi connectivity index (χ0v) is 15.0. The Labute approximate surface area is 145 Å². The molecule has 1 unspecified atom stereocenters. The molecule has 0 bridgehead atoms. The number of nitrogens with one attached hydrogen (secondary N) is 1. The SMILES string of the molecule is CCCCN(CC)c1ccc(C(=O)N2CCNC(=O)C2CC)cc1. The van der Waals surface area contributed by atoms with E-state index in [0.29, 0.717) is 25.1 Å². The number of unbranched alkanes of at least 4 members (excludes halogenated alkanes) is 1.